The monoisotopic (exact) mass is 250 g/mol. The summed E-state index contributed by atoms with van der Waals surface area (Å²) in [6, 6.07) is 2.47. The first-order valence-corrected chi connectivity index (χ1v) is 6.30. The number of pyridine rings is 1. The third-order valence-electron chi connectivity index (χ3n) is 3.67. The highest BCUT2D eigenvalue weighted by Gasteiger charge is 2.35. The van der Waals surface area contributed by atoms with Crippen LogP contribution in [0.3, 0.4) is 0 Å². The van der Waals surface area contributed by atoms with Gasteiger partial charge in [-0.1, -0.05) is 17.7 Å². The first-order valence-electron chi connectivity index (χ1n) is 5.93. The van der Waals surface area contributed by atoms with Crippen LogP contribution in [0, 0.1) is 5.92 Å². The van der Waals surface area contributed by atoms with E-state index in [9.17, 15) is 0 Å². The molecular formula is C13H15ClN2O. The molecule has 90 valence electrons. The first-order chi connectivity index (χ1) is 8.29. The Morgan fingerprint density at radius 1 is 1.53 bits per heavy atom. The summed E-state index contributed by atoms with van der Waals surface area (Å²) in [5.74, 6) is 1.43. The lowest BCUT2D eigenvalue weighted by atomic mass is 9.76. The minimum absolute atomic E-state index is 0.422. The van der Waals surface area contributed by atoms with Crippen LogP contribution in [0.2, 0.25) is 5.15 Å². The molecule has 3 rings (SSSR count). The second-order valence-corrected chi connectivity index (χ2v) is 4.96. The highest BCUT2D eigenvalue weighted by molar-refractivity contribution is 6.30. The number of hydrogen-bond acceptors (Lipinski definition) is 3. The van der Waals surface area contributed by atoms with Gasteiger partial charge >= 0.3 is 0 Å². The van der Waals surface area contributed by atoms with E-state index in [-0.39, 0.29) is 0 Å². The number of halogens is 1. The van der Waals surface area contributed by atoms with Crippen molar-refractivity contribution < 1.29 is 4.74 Å². The molecule has 0 amide bonds. The van der Waals surface area contributed by atoms with Crippen molar-refractivity contribution in [2.24, 2.45) is 5.92 Å². The molecule has 17 heavy (non-hydrogen) atoms. The van der Waals surface area contributed by atoms with Gasteiger partial charge in [0.1, 0.15) is 0 Å². The predicted octanol–water partition coefficient (Wildman–Crippen LogP) is 2.51. The molecule has 0 saturated carbocycles. The van der Waals surface area contributed by atoms with E-state index in [0.717, 1.165) is 24.4 Å². The van der Waals surface area contributed by atoms with Crippen molar-refractivity contribution in [3.63, 3.8) is 0 Å². The van der Waals surface area contributed by atoms with Gasteiger partial charge in [0.15, 0.2) is 10.9 Å². The molecule has 1 saturated heterocycles. The molecule has 2 aliphatic rings. The molecule has 1 fully saturated rings. The van der Waals surface area contributed by atoms with Gasteiger partial charge < -0.3 is 10.1 Å². The van der Waals surface area contributed by atoms with Crippen LogP contribution in [0.5, 0.6) is 5.75 Å². The van der Waals surface area contributed by atoms with E-state index in [4.69, 9.17) is 16.3 Å². The summed E-state index contributed by atoms with van der Waals surface area (Å²) < 4.78 is 5.21. The molecule has 1 aliphatic heterocycles. The maximum atomic E-state index is 5.94. The van der Waals surface area contributed by atoms with Crippen molar-refractivity contribution in [2.75, 3.05) is 13.7 Å². The molecule has 4 heteroatoms. The Hall–Kier alpha value is -1.06. The summed E-state index contributed by atoms with van der Waals surface area (Å²) in [5, 5.41) is 3.90. The largest absolute Gasteiger partial charge is 0.494 e. The minimum atomic E-state index is 0.422. The van der Waals surface area contributed by atoms with Crippen LogP contribution in [0.4, 0.5) is 0 Å². The molecule has 0 radical (unpaired) electrons. The topological polar surface area (TPSA) is 34.1 Å². The summed E-state index contributed by atoms with van der Waals surface area (Å²) in [6.07, 6.45) is 6.58. The van der Waals surface area contributed by atoms with Crippen molar-refractivity contribution in [3.8, 4) is 5.75 Å². The molecule has 1 aliphatic carbocycles. The fraction of sp³-hybridized carbons (Fsp3) is 0.462. The molecule has 1 aromatic rings. The standard InChI is InChI=1S/C13H15ClN2O/c1-17-11-5-9(7-16-13(11)14)10-4-2-3-8-6-15-12(8)10/h4-5,7-8,12,15H,2-3,6H2,1H3/t8-,12+/m1/s1. The van der Waals surface area contributed by atoms with E-state index < -0.39 is 0 Å². The van der Waals surface area contributed by atoms with E-state index >= 15 is 0 Å². The molecule has 0 bridgehead atoms. The van der Waals surface area contributed by atoms with Crippen LogP contribution in [-0.4, -0.2) is 24.7 Å². The Kier molecular flexibility index (Phi) is 2.81. The van der Waals surface area contributed by atoms with Gasteiger partial charge in [-0.2, -0.15) is 0 Å². The molecule has 0 unspecified atom stereocenters. The Morgan fingerprint density at radius 3 is 3.12 bits per heavy atom. The van der Waals surface area contributed by atoms with Gasteiger partial charge in [0, 0.05) is 24.3 Å². The van der Waals surface area contributed by atoms with E-state index in [1.807, 2.05) is 12.3 Å². The smallest absolute Gasteiger partial charge is 0.171 e. The lowest BCUT2D eigenvalue weighted by Crippen LogP contribution is -2.54. The number of hydrogen-bond donors (Lipinski definition) is 1. The summed E-state index contributed by atoms with van der Waals surface area (Å²) in [5.41, 5.74) is 2.46. The van der Waals surface area contributed by atoms with Crippen LogP contribution in [0.25, 0.3) is 5.57 Å². The van der Waals surface area contributed by atoms with Crippen molar-refractivity contribution in [1.29, 1.82) is 0 Å². The normalized spacial score (nSPS) is 26.8. The van der Waals surface area contributed by atoms with Crippen LogP contribution in [0.15, 0.2) is 18.3 Å². The van der Waals surface area contributed by atoms with Gasteiger partial charge in [-0.25, -0.2) is 4.98 Å². The van der Waals surface area contributed by atoms with Crippen LogP contribution in [-0.2, 0) is 0 Å². The molecule has 2 atom stereocenters. The molecule has 0 aromatic carbocycles. The summed E-state index contributed by atoms with van der Waals surface area (Å²) in [6.45, 7) is 1.14. The summed E-state index contributed by atoms with van der Waals surface area (Å²) in [7, 11) is 1.62. The second-order valence-electron chi connectivity index (χ2n) is 4.60. The summed E-state index contributed by atoms with van der Waals surface area (Å²) in [4.78, 5) is 4.18. The molecule has 2 heterocycles. The van der Waals surface area contributed by atoms with E-state index in [1.165, 1.54) is 12.0 Å². The maximum Gasteiger partial charge on any atom is 0.171 e. The minimum Gasteiger partial charge on any atom is -0.494 e. The van der Waals surface area contributed by atoms with E-state index in [2.05, 4.69) is 16.4 Å². The molecule has 1 aromatic heterocycles. The van der Waals surface area contributed by atoms with Gasteiger partial charge in [-0.3, -0.25) is 0 Å². The van der Waals surface area contributed by atoms with Crippen molar-refractivity contribution in [3.05, 3.63) is 29.1 Å². The number of methoxy groups -OCH3 is 1. The van der Waals surface area contributed by atoms with Gasteiger partial charge in [0.2, 0.25) is 0 Å². The number of ether oxygens (including phenoxy) is 1. The highest BCUT2D eigenvalue weighted by atomic mass is 35.5. The molecular weight excluding hydrogens is 236 g/mol. The average molecular weight is 251 g/mol. The average Bonchev–Trinajstić information content (AvgIpc) is 2.31. The molecule has 3 nitrogen and oxygen atoms in total. The second kappa shape index (κ2) is 4.31. The Labute approximate surface area is 106 Å². The number of allylic oxidation sites excluding steroid dienone is 1. The lowest BCUT2D eigenvalue weighted by Gasteiger charge is -2.42. The zero-order valence-electron chi connectivity index (χ0n) is 9.74. The number of rotatable bonds is 2. The van der Waals surface area contributed by atoms with Gasteiger partial charge in [0.25, 0.3) is 0 Å². The maximum absolute atomic E-state index is 5.94. The van der Waals surface area contributed by atoms with Crippen molar-refractivity contribution in [1.82, 2.24) is 10.3 Å². The first kappa shape index (κ1) is 11.1. The third kappa shape index (κ3) is 1.83. The Morgan fingerprint density at radius 2 is 2.41 bits per heavy atom. The highest BCUT2D eigenvalue weighted by Crippen LogP contribution is 2.37. The Balaban J connectivity index is 1.95. The fourth-order valence-electron chi connectivity index (χ4n) is 2.64. The van der Waals surface area contributed by atoms with Crippen LogP contribution < -0.4 is 10.1 Å². The summed E-state index contributed by atoms with van der Waals surface area (Å²) >= 11 is 5.94. The van der Waals surface area contributed by atoms with Crippen LogP contribution >= 0.6 is 11.6 Å². The fourth-order valence-corrected chi connectivity index (χ4v) is 2.82. The van der Waals surface area contributed by atoms with E-state index in [1.54, 1.807) is 7.11 Å². The SMILES string of the molecule is COc1cc(C2=CCC[C@@H]3CN[C@H]23)cnc1Cl. The van der Waals surface area contributed by atoms with E-state index in [0.29, 0.717) is 16.9 Å². The zero-order chi connectivity index (χ0) is 11.8. The van der Waals surface area contributed by atoms with Crippen molar-refractivity contribution >= 4 is 17.2 Å². The van der Waals surface area contributed by atoms with Gasteiger partial charge in [-0.05, 0) is 30.4 Å². The van der Waals surface area contributed by atoms with Gasteiger partial charge in [0.05, 0.1) is 7.11 Å². The van der Waals surface area contributed by atoms with Crippen LogP contribution in [0.1, 0.15) is 18.4 Å². The van der Waals surface area contributed by atoms with Gasteiger partial charge in [-0.15, -0.1) is 0 Å². The third-order valence-corrected chi connectivity index (χ3v) is 3.95. The molecule has 1 N–H and O–H groups in total. The Bertz CT molecular complexity index is 472. The number of fused-ring (bicyclic) bond motifs is 1. The molecule has 0 spiro atoms. The van der Waals surface area contributed by atoms with Crippen molar-refractivity contribution in [2.45, 2.75) is 18.9 Å². The number of nitrogens with one attached hydrogen (secondary N) is 1. The number of aromatic nitrogens is 1. The number of nitrogens with zero attached hydrogens (tertiary/aromatic N) is 1. The zero-order valence-corrected chi connectivity index (χ0v) is 10.5. The predicted molar refractivity (Wildman–Crippen MR) is 68.3 cm³/mol. The lowest BCUT2D eigenvalue weighted by molar-refractivity contribution is 0.262. The quantitative estimate of drug-likeness (QED) is 0.819.